The highest BCUT2D eigenvalue weighted by molar-refractivity contribution is 7.71. The van der Waals surface area contributed by atoms with Crippen molar-refractivity contribution in [2.75, 3.05) is 0 Å². The molecule has 1 N–H and O–H groups in total. The Bertz CT molecular complexity index is 736. The zero-order valence-corrected chi connectivity index (χ0v) is 10.0. The molecular weight excluding hydrogens is 232 g/mol. The zero-order chi connectivity index (χ0) is 11.8. The summed E-state index contributed by atoms with van der Waals surface area (Å²) in [6.45, 7) is 0. The molecule has 0 aliphatic heterocycles. The molecule has 0 aliphatic carbocycles. The molecule has 84 valence electrons. The average molecular weight is 242 g/mol. The quantitative estimate of drug-likeness (QED) is 0.667. The summed E-state index contributed by atoms with van der Waals surface area (Å²) in [7, 11) is 1.84. The first kappa shape index (κ1) is 10.2. The molecule has 5 heteroatoms. The Morgan fingerprint density at radius 3 is 2.82 bits per heavy atom. The maximum Gasteiger partial charge on any atom is 0.216 e. The van der Waals surface area contributed by atoms with Crippen LogP contribution in [0.4, 0.5) is 0 Å². The lowest BCUT2D eigenvalue weighted by Gasteiger charge is -2.01. The fourth-order valence-electron chi connectivity index (χ4n) is 1.82. The van der Waals surface area contributed by atoms with E-state index in [9.17, 15) is 0 Å². The van der Waals surface area contributed by atoms with Crippen molar-refractivity contribution >= 4 is 23.0 Å². The van der Waals surface area contributed by atoms with Crippen LogP contribution >= 0.6 is 12.2 Å². The summed E-state index contributed by atoms with van der Waals surface area (Å²) in [4.78, 5) is 8.67. The zero-order valence-electron chi connectivity index (χ0n) is 9.21. The maximum absolute atomic E-state index is 5.09. The van der Waals surface area contributed by atoms with Crippen LogP contribution in [0.3, 0.4) is 0 Å². The van der Waals surface area contributed by atoms with Gasteiger partial charge in [-0.2, -0.15) is 4.98 Å². The second kappa shape index (κ2) is 3.78. The van der Waals surface area contributed by atoms with Gasteiger partial charge in [0.05, 0.1) is 0 Å². The third kappa shape index (κ3) is 1.64. The van der Waals surface area contributed by atoms with Crippen molar-refractivity contribution in [2.24, 2.45) is 7.05 Å². The second-order valence-electron chi connectivity index (χ2n) is 3.79. The van der Waals surface area contributed by atoms with Crippen molar-refractivity contribution in [3.63, 3.8) is 0 Å². The van der Waals surface area contributed by atoms with E-state index in [2.05, 4.69) is 21.1 Å². The summed E-state index contributed by atoms with van der Waals surface area (Å²) >= 11 is 5.09. The van der Waals surface area contributed by atoms with E-state index in [1.807, 2.05) is 31.3 Å². The first-order chi connectivity index (χ1) is 8.25. The molecule has 2 heterocycles. The summed E-state index contributed by atoms with van der Waals surface area (Å²) in [6.07, 6.45) is 1.78. The first-order valence-corrected chi connectivity index (χ1v) is 5.64. The summed E-state index contributed by atoms with van der Waals surface area (Å²) in [6, 6.07) is 10.1. The standard InChI is InChI=1S/C12H10N4S/c1-16-12(17)14-11(15-16)10-9-5-3-2-4-8(9)6-7-13-10/h2-7H,1H3,(H,14,15,17). The number of hydrogen-bond acceptors (Lipinski definition) is 3. The molecule has 17 heavy (non-hydrogen) atoms. The predicted molar refractivity (Wildman–Crippen MR) is 69.1 cm³/mol. The minimum absolute atomic E-state index is 0.523. The molecule has 2 aromatic heterocycles. The Kier molecular flexibility index (Phi) is 2.26. The molecule has 0 saturated carbocycles. The number of hydrogen-bond donors (Lipinski definition) is 1. The van der Waals surface area contributed by atoms with Crippen molar-refractivity contribution in [3.05, 3.63) is 41.3 Å². The molecular formula is C12H10N4S. The second-order valence-corrected chi connectivity index (χ2v) is 4.16. The molecule has 0 bridgehead atoms. The number of pyridine rings is 1. The number of aryl methyl sites for hydroxylation is 1. The summed E-state index contributed by atoms with van der Waals surface area (Å²) in [5, 5.41) is 5.30. The number of aromatic amines is 1. The van der Waals surface area contributed by atoms with Gasteiger partial charge in [0, 0.05) is 18.6 Å². The number of H-pyrrole nitrogens is 1. The fourth-order valence-corrected chi connectivity index (χ4v) is 1.95. The maximum atomic E-state index is 5.09. The van der Waals surface area contributed by atoms with Gasteiger partial charge in [-0.3, -0.25) is 14.8 Å². The van der Waals surface area contributed by atoms with Gasteiger partial charge in [-0.05, 0) is 23.7 Å². The van der Waals surface area contributed by atoms with E-state index < -0.39 is 0 Å². The van der Waals surface area contributed by atoms with Gasteiger partial charge >= 0.3 is 0 Å². The number of fused-ring (bicyclic) bond motifs is 1. The molecule has 1 aromatic carbocycles. The Morgan fingerprint density at radius 2 is 2.06 bits per heavy atom. The van der Waals surface area contributed by atoms with Crippen LogP contribution in [0.5, 0.6) is 0 Å². The largest absolute Gasteiger partial charge is 0.278 e. The van der Waals surface area contributed by atoms with Crippen molar-refractivity contribution in [1.29, 1.82) is 0 Å². The van der Waals surface area contributed by atoms with E-state index >= 15 is 0 Å². The average Bonchev–Trinajstić information content (AvgIpc) is 2.69. The Balaban J connectivity index is 2.34. The van der Waals surface area contributed by atoms with E-state index in [-0.39, 0.29) is 0 Å². The van der Waals surface area contributed by atoms with Crippen LogP contribution in [0.15, 0.2) is 36.5 Å². The molecule has 4 nitrogen and oxygen atoms in total. The molecule has 0 fully saturated rings. The van der Waals surface area contributed by atoms with Crippen LogP contribution in [0.25, 0.3) is 22.3 Å². The summed E-state index contributed by atoms with van der Waals surface area (Å²) < 4.78 is 2.23. The van der Waals surface area contributed by atoms with Crippen LogP contribution in [0.2, 0.25) is 0 Å². The number of benzene rings is 1. The minimum Gasteiger partial charge on any atom is -0.278 e. The van der Waals surface area contributed by atoms with E-state index in [0.717, 1.165) is 16.5 Å². The molecule has 3 aromatic rings. The van der Waals surface area contributed by atoms with Gasteiger partial charge in [0.25, 0.3) is 0 Å². The van der Waals surface area contributed by atoms with Gasteiger partial charge in [0.1, 0.15) is 5.69 Å². The van der Waals surface area contributed by atoms with Gasteiger partial charge in [-0.25, -0.2) is 0 Å². The molecule has 0 atom stereocenters. The molecule has 0 unspecified atom stereocenters. The van der Waals surface area contributed by atoms with Crippen LogP contribution in [-0.4, -0.2) is 19.7 Å². The van der Waals surface area contributed by atoms with Crippen LogP contribution in [-0.2, 0) is 7.05 Å². The topological polar surface area (TPSA) is 46.5 Å². The van der Waals surface area contributed by atoms with Crippen molar-refractivity contribution in [1.82, 2.24) is 19.7 Å². The predicted octanol–water partition coefficient (Wildman–Crippen LogP) is 2.69. The normalized spacial score (nSPS) is 10.9. The Morgan fingerprint density at radius 1 is 1.24 bits per heavy atom. The first-order valence-electron chi connectivity index (χ1n) is 5.23. The summed E-state index contributed by atoms with van der Waals surface area (Å²) in [5.41, 5.74) is 0.829. The highest BCUT2D eigenvalue weighted by Crippen LogP contribution is 2.23. The highest BCUT2D eigenvalue weighted by atomic mass is 32.1. The fraction of sp³-hybridized carbons (Fsp3) is 0.0833. The third-order valence-electron chi connectivity index (χ3n) is 2.67. The van der Waals surface area contributed by atoms with E-state index in [1.165, 1.54) is 0 Å². The van der Waals surface area contributed by atoms with E-state index in [1.54, 1.807) is 10.9 Å². The number of nitrogens with one attached hydrogen (secondary N) is 1. The van der Waals surface area contributed by atoms with Gasteiger partial charge in [0.2, 0.25) is 4.77 Å². The molecule has 0 aliphatic rings. The minimum atomic E-state index is 0.523. The number of aromatic nitrogens is 4. The van der Waals surface area contributed by atoms with Crippen LogP contribution < -0.4 is 0 Å². The van der Waals surface area contributed by atoms with E-state index in [0.29, 0.717) is 10.6 Å². The smallest absolute Gasteiger partial charge is 0.216 e. The van der Waals surface area contributed by atoms with Gasteiger partial charge in [-0.1, -0.05) is 24.3 Å². The van der Waals surface area contributed by atoms with Gasteiger partial charge in [0.15, 0.2) is 5.82 Å². The van der Waals surface area contributed by atoms with Crippen molar-refractivity contribution < 1.29 is 0 Å². The lowest BCUT2D eigenvalue weighted by molar-refractivity contribution is 0.755. The lowest BCUT2D eigenvalue weighted by Crippen LogP contribution is -1.91. The monoisotopic (exact) mass is 242 g/mol. The molecule has 3 rings (SSSR count). The SMILES string of the molecule is Cn1[nH]c(-c2nccc3ccccc23)nc1=S. The van der Waals surface area contributed by atoms with E-state index in [4.69, 9.17) is 12.2 Å². The Hall–Kier alpha value is -2.01. The van der Waals surface area contributed by atoms with Crippen molar-refractivity contribution in [3.8, 4) is 11.5 Å². The third-order valence-corrected chi connectivity index (χ3v) is 3.03. The van der Waals surface area contributed by atoms with Gasteiger partial charge < -0.3 is 0 Å². The van der Waals surface area contributed by atoms with Gasteiger partial charge in [-0.15, -0.1) is 0 Å². The Labute approximate surface area is 103 Å². The lowest BCUT2D eigenvalue weighted by atomic mass is 10.1. The van der Waals surface area contributed by atoms with Crippen molar-refractivity contribution in [2.45, 2.75) is 0 Å². The molecule has 0 saturated heterocycles. The highest BCUT2D eigenvalue weighted by Gasteiger charge is 2.08. The molecule has 0 spiro atoms. The van der Waals surface area contributed by atoms with Crippen LogP contribution in [0.1, 0.15) is 0 Å². The molecule has 0 radical (unpaired) electrons. The summed E-state index contributed by atoms with van der Waals surface area (Å²) in [5.74, 6) is 0.703. The van der Waals surface area contributed by atoms with Crippen LogP contribution in [0, 0.1) is 4.77 Å². The number of nitrogens with zero attached hydrogens (tertiary/aromatic N) is 3. The molecule has 0 amide bonds. The number of rotatable bonds is 1.